The van der Waals surface area contributed by atoms with Gasteiger partial charge in [0.2, 0.25) is 0 Å². The Morgan fingerprint density at radius 3 is 3.05 bits per heavy atom. The molecule has 5 nitrogen and oxygen atoms in total. The van der Waals surface area contributed by atoms with Crippen molar-refractivity contribution in [1.29, 1.82) is 0 Å². The Labute approximate surface area is 122 Å². The minimum absolute atomic E-state index is 0.361. The zero-order chi connectivity index (χ0) is 14.1. The van der Waals surface area contributed by atoms with Crippen molar-refractivity contribution in [3.05, 3.63) is 47.2 Å². The predicted molar refractivity (Wildman–Crippen MR) is 76.9 cm³/mol. The monoisotopic (exact) mass is 336 g/mol. The lowest BCUT2D eigenvalue weighted by atomic mass is 10.3. The van der Waals surface area contributed by atoms with Crippen LogP contribution in [0.5, 0.6) is 5.75 Å². The van der Waals surface area contributed by atoms with Gasteiger partial charge in [0, 0.05) is 24.7 Å². The van der Waals surface area contributed by atoms with Crippen molar-refractivity contribution in [3.8, 4) is 5.75 Å². The van der Waals surface area contributed by atoms with Crippen LogP contribution in [0.2, 0.25) is 0 Å². The molecule has 0 saturated carbocycles. The van der Waals surface area contributed by atoms with E-state index >= 15 is 0 Å². The Bertz CT molecular complexity index is 774. The first-order chi connectivity index (χ1) is 9.67. The van der Waals surface area contributed by atoms with E-state index in [0.29, 0.717) is 27.5 Å². The van der Waals surface area contributed by atoms with Gasteiger partial charge in [0.05, 0.1) is 12.8 Å². The van der Waals surface area contributed by atoms with E-state index in [9.17, 15) is 4.39 Å². The average Bonchev–Trinajstić information content (AvgIpc) is 2.88. The maximum absolute atomic E-state index is 13.2. The third-order valence-electron chi connectivity index (χ3n) is 2.76. The number of rotatable bonds is 3. The van der Waals surface area contributed by atoms with Crippen LogP contribution < -0.4 is 10.1 Å². The number of benzene rings is 1. The lowest BCUT2D eigenvalue weighted by molar-refractivity contribution is 0.413. The molecule has 1 aromatic carbocycles. The fourth-order valence-electron chi connectivity index (χ4n) is 1.88. The Morgan fingerprint density at radius 2 is 2.25 bits per heavy atom. The quantitative estimate of drug-likeness (QED) is 0.796. The molecule has 0 aliphatic heterocycles. The van der Waals surface area contributed by atoms with E-state index in [1.165, 1.54) is 19.2 Å². The molecule has 2 aromatic heterocycles. The molecule has 0 fully saturated rings. The van der Waals surface area contributed by atoms with Gasteiger partial charge in [-0.05, 0) is 28.1 Å². The third kappa shape index (κ3) is 2.32. The van der Waals surface area contributed by atoms with Gasteiger partial charge in [-0.2, -0.15) is 0 Å². The third-order valence-corrected chi connectivity index (χ3v) is 3.14. The summed E-state index contributed by atoms with van der Waals surface area (Å²) in [5, 5.41) is 3.10. The minimum atomic E-state index is -0.361. The smallest absolute Gasteiger partial charge is 0.180 e. The molecular weight excluding hydrogens is 327 g/mol. The van der Waals surface area contributed by atoms with Crippen molar-refractivity contribution in [1.82, 2.24) is 14.4 Å². The van der Waals surface area contributed by atoms with Crippen molar-refractivity contribution in [2.75, 3.05) is 12.4 Å². The number of nitrogens with one attached hydrogen (secondary N) is 1. The topological polar surface area (TPSA) is 51.5 Å². The molecule has 0 aliphatic rings. The number of ether oxygens (including phenoxy) is 1. The number of anilines is 2. The van der Waals surface area contributed by atoms with Crippen LogP contribution in [0.1, 0.15) is 0 Å². The summed E-state index contributed by atoms with van der Waals surface area (Å²) in [5.41, 5.74) is 1.28. The second kappa shape index (κ2) is 5.09. The first-order valence-corrected chi connectivity index (χ1v) is 6.56. The van der Waals surface area contributed by atoms with Crippen LogP contribution in [0.3, 0.4) is 0 Å². The molecule has 1 N–H and O–H groups in total. The summed E-state index contributed by atoms with van der Waals surface area (Å²) in [7, 11) is 1.49. The van der Waals surface area contributed by atoms with Crippen molar-refractivity contribution in [2.45, 2.75) is 0 Å². The number of aromatic nitrogens is 3. The van der Waals surface area contributed by atoms with Crippen LogP contribution in [0, 0.1) is 5.82 Å². The van der Waals surface area contributed by atoms with Crippen LogP contribution in [-0.2, 0) is 0 Å². The average molecular weight is 337 g/mol. The van der Waals surface area contributed by atoms with Crippen LogP contribution in [0.15, 0.2) is 41.4 Å². The van der Waals surface area contributed by atoms with Crippen LogP contribution in [0.25, 0.3) is 5.65 Å². The van der Waals surface area contributed by atoms with E-state index in [2.05, 4.69) is 31.2 Å². The molecule has 0 bridgehead atoms. The highest BCUT2D eigenvalue weighted by Gasteiger charge is 2.10. The summed E-state index contributed by atoms with van der Waals surface area (Å²) < 4.78 is 20.8. The Hall–Kier alpha value is -2.15. The molecule has 3 aromatic rings. The molecular formula is C13H10BrFN4O. The van der Waals surface area contributed by atoms with E-state index in [4.69, 9.17) is 4.74 Å². The standard InChI is InChI=1S/C13H10BrFN4O/c1-20-10-6-8(15)2-3-9(10)17-12-13-16-4-5-19(13)7-11(14)18-12/h2-7H,1H3,(H,17,18). The summed E-state index contributed by atoms with van der Waals surface area (Å²) in [5.74, 6) is 0.589. The lowest BCUT2D eigenvalue weighted by Gasteiger charge is -2.11. The maximum Gasteiger partial charge on any atom is 0.180 e. The highest BCUT2D eigenvalue weighted by molar-refractivity contribution is 9.10. The van der Waals surface area contributed by atoms with Crippen molar-refractivity contribution in [2.24, 2.45) is 0 Å². The lowest BCUT2D eigenvalue weighted by Crippen LogP contribution is -2.00. The molecule has 2 heterocycles. The van der Waals surface area contributed by atoms with Gasteiger partial charge in [0.1, 0.15) is 16.2 Å². The van der Waals surface area contributed by atoms with E-state index in [1.807, 2.05) is 10.6 Å². The molecule has 3 rings (SSSR count). The van der Waals surface area contributed by atoms with Gasteiger partial charge in [-0.15, -0.1) is 0 Å². The largest absolute Gasteiger partial charge is 0.494 e. The second-order valence-corrected chi connectivity index (χ2v) is 4.85. The van der Waals surface area contributed by atoms with Gasteiger partial charge in [0.15, 0.2) is 11.5 Å². The second-order valence-electron chi connectivity index (χ2n) is 4.04. The maximum atomic E-state index is 13.2. The van der Waals surface area contributed by atoms with Crippen molar-refractivity contribution in [3.63, 3.8) is 0 Å². The summed E-state index contributed by atoms with van der Waals surface area (Å²) in [6.07, 6.45) is 5.29. The van der Waals surface area contributed by atoms with Crippen LogP contribution in [0.4, 0.5) is 15.9 Å². The highest BCUT2D eigenvalue weighted by atomic mass is 79.9. The molecule has 0 saturated heterocycles. The number of imidazole rings is 1. The number of hydrogen-bond donors (Lipinski definition) is 1. The molecule has 0 unspecified atom stereocenters. The molecule has 0 spiro atoms. The Balaban J connectivity index is 2.07. The predicted octanol–water partition coefficient (Wildman–Crippen LogP) is 3.38. The van der Waals surface area contributed by atoms with Crippen LogP contribution in [-0.4, -0.2) is 21.5 Å². The summed E-state index contributed by atoms with van der Waals surface area (Å²) in [4.78, 5) is 8.57. The highest BCUT2D eigenvalue weighted by Crippen LogP contribution is 2.29. The van der Waals surface area contributed by atoms with Gasteiger partial charge in [-0.25, -0.2) is 14.4 Å². The fraction of sp³-hybridized carbons (Fsp3) is 0.0769. The van der Waals surface area contributed by atoms with E-state index in [-0.39, 0.29) is 5.82 Å². The molecule has 7 heteroatoms. The molecule has 0 radical (unpaired) electrons. The van der Waals surface area contributed by atoms with Gasteiger partial charge >= 0.3 is 0 Å². The summed E-state index contributed by atoms with van der Waals surface area (Å²) in [6.45, 7) is 0. The number of halogens is 2. The number of hydrogen-bond acceptors (Lipinski definition) is 4. The molecule has 20 heavy (non-hydrogen) atoms. The summed E-state index contributed by atoms with van der Waals surface area (Å²) >= 11 is 3.34. The SMILES string of the molecule is COc1cc(F)ccc1Nc1nc(Br)cn2ccnc12. The van der Waals surface area contributed by atoms with Gasteiger partial charge in [-0.3, -0.25) is 0 Å². The van der Waals surface area contributed by atoms with Crippen molar-refractivity contribution < 1.29 is 9.13 Å². The zero-order valence-electron chi connectivity index (χ0n) is 10.5. The normalized spacial score (nSPS) is 10.8. The molecule has 0 amide bonds. The van der Waals surface area contributed by atoms with E-state index in [0.717, 1.165) is 0 Å². The molecule has 0 aliphatic carbocycles. The fourth-order valence-corrected chi connectivity index (χ4v) is 2.28. The van der Waals surface area contributed by atoms with Gasteiger partial charge in [-0.1, -0.05) is 0 Å². The van der Waals surface area contributed by atoms with Gasteiger partial charge < -0.3 is 14.5 Å². The van der Waals surface area contributed by atoms with Crippen LogP contribution >= 0.6 is 15.9 Å². The zero-order valence-corrected chi connectivity index (χ0v) is 12.1. The van der Waals surface area contributed by atoms with Crippen molar-refractivity contribution >= 4 is 33.1 Å². The number of fused-ring (bicyclic) bond motifs is 1. The minimum Gasteiger partial charge on any atom is -0.494 e. The van der Waals surface area contributed by atoms with E-state index in [1.54, 1.807) is 18.5 Å². The Kier molecular flexibility index (Phi) is 3.27. The van der Waals surface area contributed by atoms with E-state index < -0.39 is 0 Å². The molecule has 102 valence electrons. The first-order valence-electron chi connectivity index (χ1n) is 5.77. The first kappa shape index (κ1) is 12.9. The number of nitrogens with zero attached hydrogens (tertiary/aromatic N) is 3. The summed E-state index contributed by atoms with van der Waals surface area (Å²) in [6, 6.07) is 4.25. The Morgan fingerprint density at radius 1 is 1.40 bits per heavy atom. The van der Waals surface area contributed by atoms with Gasteiger partial charge in [0.25, 0.3) is 0 Å². The molecule has 0 atom stereocenters. The number of methoxy groups -OCH3 is 1.